The lowest BCUT2D eigenvalue weighted by Crippen LogP contribution is -2.30. The fourth-order valence-corrected chi connectivity index (χ4v) is 3.25. The summed E-state index contributed by atoms with van der Waals surface area (Å²) in [6.45, 7) is 1.40. The number of hydrogen-bond donors (Lipinski definition) is 0. The Labute approximate surface area is 157 Å². The van der Waals surface area contributed by atoms with Gasteiger partial charge in [-0.05, 0) is 42.8 Å². The van der Waals surface area contributed by atoms with Crippen molar-refractivity contribution in [1.82, 2.24) is 0 Å². The molecule has 0 bridgehead atoms. The minimum absolute atomic E-state index is 0.0334. The maximum atomic E-state index is 12.8. The van der Waals surface area contributed by atoms with E-state index in [1.54, 1.807) is 0 Å². The van der Waals surface area contributed by atoms with Gasteiger partial charge in [-0.3, -0.25) is 9.59 Å². The van der Waals surface area contributed by atoms with Crippen LogP contribution in [0.4, 0.5) is 18.9 Å². The number of carbonyl (C=O) groups is 2. The van der Waals surface area contributed by atoms with E-state index < -0.39 is 34.0 Å². The molecule has 28 heavy (non-hydrogen) atoms. The van der Waals surface area contributed by atoms with Gasteiger partial charge in [0.2, 0.25) is 0 Å². The number of anilines is 1. The summed E-state index contributed by atoms with van der Waals surface area (Å²) in [5, 5.41) is 0. The van der Waals surface area contributed by atoms with Crippen LogP contribution in [0.2, 0.25) is 0 Å². The lowest BCUT2D eigenvalue weighted by molar-refractivity contribution is -0.274. The SMILES string of the molecule is Cc1cc(OC(F)(F)F)ccc1N1C(=O)c2cccc(OS(C)(=O)=O)c2C1=O. The first kappa shape index (κ1) is 19.7. The molecule has 3 rings (SSSR count). The first-order chi connectivity index (χ1) is 12.9. The summed E-state index contributed by atoms with van der Waals surface area (Å²) in [5.41, 5.74) is -0.123. The van der Waals surface area contributed by atoms with Gasteiger partial charge in [0, 0.05) is 0 Å². The highest BCUT2D eigenvalue weighted by Crippen LogP contribution is 2.37. The van der Waals surface area contributed by atoms with Crippen LogP contribution in [0.3, 0.4) is 0 Å². The Morgan fingerprint density at radius 1 is 1.04 bits per heavy atom. The highest BCUT2D eigenvalue weighted by Gasteiger charge is 2.40. The first-order valence-electron chi connectivity index (χ1n) is 7.65. The molecule has 0 aliphatic carbocycles. The molecule has 1 aliphatic rings. The van der Waals surface area contributed by atoms with Crippen LogP contribution in [-0.2, 0) is 10.1 Å². The third-order valence-corrected chi connectivity index (χ3v) is 4.24. The molecule has 0 unspecified atom stereocenters. The summed E-state index contributed by atoms with van der Waals surface area (Å²) in [4.78, 5) is 26.2. The van der Waals surface area contributed by atoms with Crippen LogP contribution in [0.15, 0.2) is 36.4 Å². The van der Waals surface area contributed by atoms with Gasteiger partial charge in [0.15, 0.2) is 5.75 Å². The minimum Gasteiger partial charge on any atom is -0.406 e. The van der Waals surface area contributed by atoms with Gasteiger partial charge >= 0.3 is 16.5 Å². The van der Waals surface area contributed by atoms with E-state index in [9.17, 15) is 31.2 Å². The molecule has 0 aromatic heterocycles. The molecule has 0 atom stereocenters. The highest BCUT2D eigenvalue weighted by atomic mass is 32.2. The van der Waals surface area contributed by atoms with E-state index in [4.69, 9.17) is 4.18 Å². The van der Waals surface area contributed by atoms with Gasteiger partial charge in [-0.15, -0.1) is 13.2 Å². The normalized spacial score (nSPS) is 14.2. The zero-order chi connectivity index (χ0) is 20.9. The van der Waals surface area contributed by atoms with E-state index in [2.05, 4.69) is 4.74 Å². The fraction of sp³-hybridized carbons (Fsp3) is 0.176. The molecule has 2 aromatic rings. The van der Waals surface area contributed by atoms with Crippen molar-refractivity contribution in [3.8, 4) is 11.5 Å². The second-order valence-electron chi connectivity index (χ2n) is 5.91. The van der Waals surface area contributed by atoms with Gasteiger partial charge < -0.3 is 8.92 Å². The number of hydrogen-bond acceptors (Lipinski definition) is 6. The van der Waals surface area contributed by atoms with Crippen LogP contribution in [0, 0.1) is 6.92 Å². The van der Waals surface area contributed by atoms with E-state index >= 15 is 0 Å². The zero-order valence-electron chi connectivity index (χ0n) is 14.4. The molecule has 7 nitrogen and oxygen atoms in total. The Hall–Kier alpha value is -3.08. The molecule has 0 saturated carbocycles. The van der Waals surface area contributed by atoms with Crippen LogP contribution >= 0.6 is 0 Å². The van der Waals surface area contributed by atoms with E-state index in [1.165, 1.54) is 25.1 Å². The van der Waals surface area contributed by atoms with Crippen molar-refractivity contribution in [3.63, 3.8) is 0 Å². The summed E-state index contributed by atoms with van der Waals surface area (Å²) < 4.78 is 68.5. The Kier molecular flexibility index (Phi) is 4.58. The summed E-state index contributed by atoms with van der Waals surface area (Å²) >= 11 is 0. The molecule has 2 amide bonds. The third kappa shape index (κ3) is 3.79. The molecule has 0 radical (unpaired) electrons. The maximum absolute atomic E-state index is 12.8. The molecule has 148 valence electrons. The Morgan fingerprint density at radius 2 is 1.71 bits per heavy atom. The van der Waals surface area contributed by atoms with Crippen molar-refractivity contribution in [2.24, 2.45) is 0 Å². The maximum Gasteiger partial charge on any atom is 0.573 e. The molecule has 2 aromatic carbocycles. The topological polar surface area (TPSA) is 90.0 Å². The second-order valence-corrected chi connectivity index (χ2v) is 7.48. The third-order valence-electron chi connectivity index (χ3n) is 3.76. The number of nitrogens with zero attached hydrogens (tertiary/aromatic N) is 1. The highest BCUT2D eigenvalue weighted by molar-refractivity contribution is 7.86. The molecule has 1 aliphatic heterocycles. The van der Waals surface area contributed by atoms with Crippen molar-refractivity contribution in [3.05, 3.63) is 53.1 Å². The van der Waals surface area contributed by atoms with E-state index in [0.29, 0.717) is 0 Å². The molecule has 1 heterocycles. The number of amides is 2. The van der Waals surface area contributed by atoms with Crippen LogP contribution < -0.4 is 13.8 Å². The predicted molar refractivity (Wildman–Crippen MR) is 90.9 cm³/mol. The van der Waals surface area contributed by atoms with Gasteiger partial charge in [-0.1, -0.05) is 6.07 Å². The molecule has 0 saturated heterocycles. The van der Waals surface area contributed by atoms with Crippen molar-refractivity contribution >= 4 is 27.6 Å². The Balaban J connectivity index is 2.02. The van der Waals surface area contributed by atoms with Gasteiger partial charge in [0.05, 0.1) is 23.1 Å². The van der Waals surface area contributed by atoms with Gasteiger partial charge in [0.25, 0.3) is 11.8 Å². The van der Waals surface area contributed by atoms with Crippen molar-refractivity contribution in [2.45, 2.75) is 13.3 Å². The summed E-state index contributed by atoms with van der Waals surface area (Å²) in [6, 6.07) is 7.02. The fourth-order valence-electron chi connectivity index (χ4n) is 2.78. The number of imide groups is 1. The standard InChI is InChI=1S/C17H12F3NO6S/c1-9-8-10(26-17(18,19)20)6-7-12(9)21-15(22)11-4-3-5-13(14(11)16(21)23)27-28(2,24)25/h3-8H,1-2H3. The smallest absolute Gasteiger partial charge is 0.406 e. The molecule has 0 spiro atoms. The molecule has 11 heteroatoms. The first-order valence-corrected chi connectivity index (χ1v) is 9.47. The molecular formula is C17H12F3NO6S. The average Bonchev–Trinajstić information content (AvgIpc) is 2.77. The molecule has 0 N–H and O–H groups in total. The predicted octanol–water partition coefficient (Wildman–Crippen LogP) is 3.03. The number of alkyl halides is 3. The Morgan fingerprint density at radius 3 is 2.29 bits per heavy atom. The number of rotatable bonds is 4. The monoisotopic (exact) mass is 415 g/mol. The largest absolute Gasteiger partial charge is 0.573 e. The lowest BCUT2D eigenvalue weighted by atomic mass is 10.1. The van der Waals surface area contributed by atoms with Gasteiger partial charge in [-0.25, -0.2) is 4.90 Å². The van der Waals surface area contributed by atoms with E-state index in [1.807, 2.05) is 0 Å². The van der Waals surface area contributed by atoms with Crippen molar-refractivity contribution < 1.29 is 40.1 Å². The van der Waals surface area contributed by atoms with Crippen LogP contribution in [0.5, 0.6) is 11.5 Å². The summed E-state index contributed by atoms with van der Waals surface area (Å²) in [5.74, 6) is -2.43. The van der Waals surface area contributed by atoms with E-state index in [0.717, 1.165) is 29.4 Å². The number of halogens is 3. The summed E-state index contributed by atoms with van der Waals surface area (Å²) in [6.07, 6.45) is -4.10. The van der Waals surface area contributed by atoms with Gasteiger partial charge in [0.1, 0.15) is 5.75 Å². The van der Waals surface area contributed by atoms with Crippen LogP contribution in [0.25, 0.3) is 0 Å². The number of fused-ring (bicyclic) bond motifs is 1. The number of carbonyl (C=O) groups excluding carboxylic acids is 2. The Bertz CT molecular complexity index is 1090. The quantitative estimate of drug-likeness (QED) is 0.563. The number of benzene rings is 2. The molecular weight excluding hydrogens is 403 g/mol. The van der Waals surface area contributed by atoms with Crippen molar-refractivity contribution in [1.29, 1.82) is 0 Å². The molecule has 0 fully saturated rings. The minimum atomic E-state index is -4.89. The van der Waals surface area contributed by atoms with Crippen LogP contribution in [0.1, 0.15) is 26.3 Å². The van der Waals surface area contributed by atoms with Crippen LogP contribution in [-0.4, -0.2) is 32.9 Å². The average molecular weight is 415 g/mol. The summed E-state index contributed by atoms with van der Waals surface area (Å²) in [7, 11) is -3.96. The second kappa shape index (κ2) is 6.51. The number of aryl methyl sites for hydroxylation is 1. The number of ether oxygens (including phenoxy) is 1. The van der Waals surface area contributed by atoms with Gasteiger partial charge in [-0.2, -0.15) is 8.42 Å². The van der Waals surface area contributed by atoms with Crippen molar-refractivity contribution in [2.75, 3.05) is 11.2 Å². The van der Waals surface area contributed by atoms with E-state index in [-0.39, 0.29) is 28.1 Å². The zero-order valence-corrected chi connectivity index (χ0v) is 15.2. The lowest BCUT2D eigenvalue weighted by Gasteiger charge is -2.18.